The van der Waals surface area contributed by atoms with Crippen molar-refractivity contribution in [1.82, 2.24) is 0 Å². The molecule has 1 rings (SSSR count). The number of methoxy groups -OCH3 is 1. The lowest BCUT2D eigenvalue weighted by atomic mass is 10.2. The van der Waals surface area contributed by atoms with Crippen LogP contribution >= 0.6 is 0 Å². The number of Topliss-reactive ketones (excluding diaryl/α,β-unsaturated/α-hetero) is 1. The molecular formula is C8H12O2. The van der Waals surface area contributed by atoms with Crippen LogP contribution in [-0.2, 0) is 9.53 Å². The van der Waals surface area contributed by atoms with E-state index in [1.54, 1.807) is 7.11 Å². The van der Waals surface area contributed by atoms with Gasteiger partial charge in [-0.3, -0.25) is 4.79 Å². The highest BCUT2D eigenvalue weighted by atomic mass is 16.5. The lowest BCUT2D eigenvalue weighted by Gasteiger charge is -2.00. The van der Waals surface area contributed by atoms with Gasteiger partial charge in [-0.25, -0.2) is 0 Å². The fourth-order valence-electron chi connectivity index (χ4n) is 1.07. The van der Waals surface area contributed by atoms with Crippen LogP contribution in [0.4, 0.5) is 0 Å². The Hall–Kier alpha value is -0.790. The maximum absolute atomic E-state index is 10.9. The molecule has 0 radical (unpaired) electrons. The number of carbonyl (C=O) groups excluding carboxylic acids is 1. The number of ether oxygens (including phenoxy) is 1. The topological polar surface area (TPSA) is 26.3 Å². The van der Waals surface area contributed by atoms with Crippen molar-refractivity contribution in [3.63, 3.8) is 0 Å². The summed E-state index contributed by atoms with van der Waals surface area (Å²) < 4.78 is 5.03. The quantitative estimate of drug-likeness (QED) is 0.553. The first-order chi connectivity index (χ1) is 4.83. The Bertz CT molecular complexity index is 159. The summed E-state index contributed by atoms with van der Waals surface area (Å²) in [6.07, 6.45) is 4.98. The second-order valence-electron chi connectivity index (χ2n) is 2.45. The first-order valence-electron chi connectivity index (χ1n) is 3.57. The summed E-state index contributed by atoms with van der Waals surface area (Å²) in [4.78, 5) is 10.9. The molecule has 2 heteroatoms. The molecule has 0 saturated carbocycles. The molecule has 0 saturated heterocycles. The van der Waals surface area contributed by atoms with E-state index in [1.807, 2.05) is 6.08 Å². The molecule has 0 fully saturated rings. The van der Waals surface area contributed by atoms with Crippen molar-refractivity contribution >= 4 is 5.78 Å². The molecule has 0 amide bonds. The monoisotopic (exact) mass is 140 g/mol. The van der Waals surface area contributed by atoms with Gasteiger partial charge >= 0.3 is 0 Å². The molecule has 2 nitrogen and oxygen atoms in total. The SMILES string of the molecule is COC1=CCCC(=O)CC1. The second-order valence-corrected chi connectivity index (χ2v) is 2.45. The number of rotatable bonds is 1. The third kappa shape index (κ3) is 1.87. The molecule has 0 aromatic heterocycles. The Kier molecular flexibility index (Phi) is 2.49. The molecule has 0 spiro atoms. The van der Waals surface area contributed by atoms with Crippen LogP contribution in [-0.4, -0.2) is 12.9 Å². The highest BCUT2D eigenvalue weighted by Gasteiger charge is 2.07. The zero-order valence-corrected chi connectivity index (χ0v) is 6.22. The van der Waals surface area contributed by atoms with E-state index in [9.17, 15) is 4.79 Å². The molecule has 56 valence electrons. The highest BCUT2D eigenvalue weighted by Crippen LogP contribution is 2.14. The van der Waals surface area contributed by atoms with E-state index >= 15 is 0 Å². The number of allylic oxidation sites excluding steroid dienone is 2. The molecular weight excluding hydrogens is 128 g/mol. The van der Waals surface area contributed by atoms with E-state index in [0.29, 0.717) is 18.6 Å². The van der Waals surface area contributed by atoms with Crippen LogP contribution in [0.25, 0.3) is 0 Å². The summed E-state index contributed by atoms with van der Waals surface area (Å²) in [5.74, 6) is 1.31. The molecule has 0 unspecified atom stereocenters. The van der Waals surface area contributed by atoms with E-state index in [4.69, 9.17) is 4.74 Å². The summed E-state index contributed by atoms with van der Waals surface area (Å²) >= 11 is 0. The fraction of sp³-hybridized carbons (Fsp3) is 0.625. The fourth-order valence-corrected chi connectivity index (χ4v) is 1.07. The van der Waals surface area contributed by atoms with Gasteiger partial charge in [0.2, 0.25) is 0 Å². The van der Waals surface area contributed by atoms with Gasteiger partial charge in [-0.05, 0) is 12.5 Å². The number of carbonyl (C=O) groups is 1. The van der Waals surface area contributed by atoms with Crippen molar-refractivity contribution in [1.29, 1.82) is 0 Å². The Morgan fingerprint density at radius 1 is 1.40 bits per heavy atom. The molecule has 1 aliphatic rings. The van der Waals surface area contributed by atoms with Gasteiger partial charge in [0.25, 0.3) is 0 Å². The lowest BCUT2D eigenvalue weighted by Crippen LogP contribution is -1.94. The van der Waals surface area contributed by atoms with Crippen molar-refractivity contribution in [2.75, 3.05) is 7.11 Å². The standard InChI is InChI=1S/C8H12O2/c1-10-8-4-2-3-7(9)5-6-8/h4H,2-3,5-6H2,1H3. The Morgan fingerprint density at radius 3 is 2.90 bits per heavy atom. The molecule has 0 aliphatic heterocycles. The summed E-state index contributed by atoms with van der Waals surface area (Å²) in [7, 11) is 1.65. The van der Waals surface area contributed by atoms with Gasteiger partial charge in [0.05, 0.1) is 12.9 Å². The summed E-state index contributed by atoms with van der Waals surface area (Å²) in [5.41, 5.74) is 0. The summed E-state index contributed by atoms with van der Waals surface area (Å²) in [5, 5.41) is 0. The Morgan fingerprint density at radius 2 is 2.20 bits per heavy atom. The van der Waals surface area contributed by atoms with E-state index in [1.165, 1.54) is 0 Å². The zero-order valence-electron chi connectivity index (χ0n) is 6.22. The molecule has 0 aromatic rings. The minimum absolute atomic E-state index is 0.350. The maximum atomic E-state index is 10.9. The Labute approximate surface area is 60.9 Å². The van der Waals surface area contributed by atoms with E-state index < -0.39 is 0 Å². The third-order valence-corrected chi connectivity index (χ3v) is 1.71. The van der Waals surface area contributed by atoms with E-state index in [-0.39, 0.29) is 0 Å². The first kappa shape index (κ1) is 7.32. The minimum atomic E-state index is 0.350. The predicted molar refractivity (Wildman–Crippen MR) is 38.6 cm³/mol. The first-order valence-corrected chi connectivity index (χ1v) is 3.57. The van der Waals surface area contributed by atoms with Gasteiger partial charge in [0, 0.05) is 19.3 Å². The van der Waals surface area contributed by atoms with Gasteiger partial charge in [-0.15, -0.1) is 0 Å². The largest absolute Gasteiger partial charge is 0.501 e. The smallest absolute Gasteiger partial charge is 0.133 e. The molecule has 0 N–H and O–H groups in total. The normalized spacial score (nSPS) is 19.7. The second kappa shape index (κ2) is 3.40. The minimum Gasteiger partial charge on any atom is -0.501 e. The van der Waals surface area contributed by atoms with Crippen LogP contribution in [0.1, 0.15) is 25.7 Å². The maximum Gasteiger partial charge on any atom is 0.133 e. The average molecular weight is 140 g/mol. The molecule has 0 atom stereocenters. The highest BCUT2D eigenvalue weighted by molar-refractivity contribution is 5.79. The third-order valence-electron chi connectivity index (χ3n) is 1.71. The van der Waals surface area contributed by atoms with Crippen molar-refractivity contribution in [3.05, 3.63) is 11.8 Å². The molecule has 0 heterocycles. The zero-order chi connectivity index (χ0) is 7.40. The molecule has 0 bridgehead atoms. The number of ketones is 1. The van der Waals surface area contributed by atoms with Crippen LogP contribution in [0, 0.1) is 0 Å². The average Bonchev–Trinajstić information content (AvgIpc) is 2.14. The van der Waals surface area contributed by atoms with Crippen molar-refractivity contribution < 1.29 is 9.53 Å². The van der Waals surface area contributed by atoms with Crippen LogP contribution in [0.2, 0.25) is 0 Å². The van der Waals surface area contributed by atoms with Gasteiger partial charge < -0.3 is 4.74 Å². The van der Waals surface area contributed by atoms with Crippen LogP contribution in [0.15, 0.2) is 11.8 Å². The lowest BCUT2D eigenvalue weighted by molar-refractivity contribution is -0.118. The Balaban J connectivity index is 2.47. The van der Waals surface area contributed by atoms with Gasteiger partial charge in [-0.2, -0.15) is 0 Å². The van der Waals surface area contributed by atoms with E-state index in [2.05, 4.69) is 0 Å². The van der Waals surface area contributed by atoms with Crippen LogP contribution < -0.4 is 0 Å². The summed E-state index contributed by atoms with van der Waals surface area (Å²) in [6, 6.07) is 0. The summed E-state index contributed by atoms with van der Waals surface area (Å²) in [6.45, 7) is 0. The predicted octanol–water partition coefficient (Wildman–Crippen LogP) is 1.66. The number of hydrogen-bond acceptors (Lipinski definition) is 2. The van der Waals surface area contributed by atoms with Crippen molar-refractivity contribution in [2.24, 2.45) is 0 Å². The van der Waals surface area contributed by atoms with Crippen LogP contribution in [0.5, 0.6) is 0 Å². The molecule has 10 heavy (non-hydrogen) atoms. The molecule has 0 aromatic carbocycles. The van der Waals surface area contributed by atoms with Crippen LogP contribution in [0.3, 0.4) is 0 Å². The molecule has 1 aliphatic carbocycles. The van der Waals surface area contributed by atoms with Gasteiger partial charge in [0.15, 0.2) is 0 Å². The van der Waals surface area contributed by atoms with Gasteiger partial charge in [0.1, 0.15) is 5.78 Å². The van der Waals surface area contributed by atoms with Crippen molar-refractivity contribution in [2.45, 2.75) is 25.7 Å². The van der Waals surface area contributed by atoms with Gasteiger partial charge in [-0.1, -0.05) is 0 Å². The van der Waals surface area contributed by atoms with E-state index in [0.717, 1.165) is 18.6 Å². The van der Waals surface area contributed by atoms with Crippen molar-refractivity contribution in [3.8, 4) is 0 Å². The number of hydrogen-bond donors (Lipinski definition) is 0.